The van der Waals surface area contributed by atoms with E-state index in [1.165, 1.54) is 0 Å². The van der Waals surface area contributed by atoms with Crippen molar-refractivity contribution in [3.8, 4) is 11.1 Å². The van der Waals surface area contributed by atoms with Crippen LogP contribution in [0.1, 0.15) is 0 Å². The lowest BCUT2D eigenvalue weighted by Crippen LogP contribution is -1.85. The second-order valence-electron chi connectivity index (χ2n) is 3.24. The first-order valence-corrected chi connectivity index (χ1v) is 6.04. The van der Waals surface area contributed by atoms with Crippen molar-refractivity contribution in [2.45, 2.75) is 10.7 Å². The minimum absolute atomic E-state index is 0.530. The SMILES string of the molecule is FC(F)Sc1ccc(-c2cn[nH]c(=S)c2)cc1. The molecule has 0 amide bonds. The molecule has 0 aliphatic rings. The molecule has 0 saturated heterocycles. The average molecular weight is 270 g/mol. The third-order valence-electron chi connectivity index (χ3n) is 2.08. The normalized spacial score (nSPS) is 10.8. The van der Waals surface area contributed by atoms with Gasteiger partial charge in [-0.1, -0.05) is 36.1 Å². The fourth-order valence-electron chi connectivity index (χ4n) is 1.36. The highest BCUT2D eigenvalue weighted by Gasteiger charge is 2.05. The van der Waals surface area contributed by atoms with Gasteiger partial charge in [-0.25, -0.2) is 0 Å². The van der Waals surface area contributed by atoms with Crippen molar-refractivity contribution >= 4 is 24.0 Å². The second-order valence-corrected chi connectivity index (χ2v) is 4.74. The zero-order chi connectivity index (χ0) is 12.3. The summed E-state index contributed by atoms with van der Waals surface area (Å²) < 4.78 is 24.8. The molecule has 0 atom stereocenters. The van der Waals surface area contributed by atoms with Crippen molar-refractivity contribution in [2.75, 3.05) is 0 Å². The quantitative estimate of drug-likeness (QED) is 0.672. The molecule has 88 valence electrons. The van der Waals surface area contributed by atoms with E-state index in [-0.39, 0.29) is 0 Å². The van der Waals surface area contributed by atoms with Crippen LogP contribution in [0.15, 0.2) is 41.4 Å². The van der Waals surface area contributed by atoms with Crippen molar-refractivity contribution in [3.05, 3.63) is 41.2 Å². The summed E-state index contributed by atoms with van der Waals surface area (Å²) >= 11 is 5.49. The zero-order valence-electron chi connectivity index (χ0n) is 8.56. The lowest BCUT2D eigenvalue weighted by Gasteiger charge is -2.03. The number of aromatic nitrogens is 2. The highest BCUT2D eigenvalue weighted by atomic mass is 32.2. The molecule has 2 rings (SSSR count). The van der Waals surface area contributed by atoms with Gasteiger partial charge < -0.3 is 0 Å². The summed E-state index contributed by atoms with van der Waals surface area (Å²) in [4.78, 5) is 0.540. The summed E-state index contributed by atoms with van der Waals surface area (Å²) in [5.74, 6) is -2.40. The minimum Gasteiger partial charge on any atom is -0.268 e. The maximum Gasteiger partial charge on any atom is 0.288 e. The van der Waals surface area contributed by atoms with Crippen molar-refractivity contribution < 1.29 is 8.78 Å². The number of hydrogen-bond acceptors (Lipinski definition) is 3. The molecule has 0 fully saturated rings. The minimum atomic E-state index is -2.40. The molecule has 0 spiro atoms. The van der Waals surface area contributed by atoms with Crippen LogP contribution in [0.2, 0.25) is 0 Å². The second kappa shape index (κ2) is 5.37. The van der Waals surface area contributed by atoms with Gasteiger partial charge in [0.25, 0.3) is 5.76 Å². The molecule has 0 bridgehead atoms. The first kappa shape index (κ1) is 12.2. The molecule has 0 radical (unpaired) electrons. The van der Waals surface area contributed by atoms with Crippen molar-refractivity contribution in [1.29, 1.82) is 0 Å². The van der Waals surface area contributed by atoms with E-state index in [4.69, 9.17) is 12.2 Å². The van der Waals surface area contributed by atoms with Crippen LogP contribution in [0.5, 0.6) is 0 Å². The molecule has 1 aromatic carbocycles. The lowest BCUT2D eigenvalue weighted by molar-refractivity contribution is 0.252. The van der Waals surface area contributed by atoms with Gasteiger partial charge in [0.2, 0.25) is 0 Å². The molecule has 1 N–H and O–H groups in total. The Morgan fingerprint density at radius 1 is 1.18 bits per heavy atom. The van der Waals surface area contributed by atoms with Crippen molar-refractivity contribution in [1.82, 2.24) is 10.2 Å². The maximum atomic E-state index is 12.1. The van der Waals surface area contributed by atoms with E-state index in [0.717, 1.165) is 11.1 Å². The third kappa shape index (κ3) is 3.34. The fourth-order valence-corrected chi connectivity index (χ4v) is 2.04. The summed E-state index contributed by atoms with van der Waals surface area (Å²) in [6.07, 6.45) is 1.64. The van der Waals surface area contributed by atoms with Crippen LogP contribution in [0.25, 0.3) is 11.1 Å². The Morgan fingerprint density at radius 3 is 2.47 bits per heavy atom. The van der Waals surface area contributed by atoms with E-state index in [9.17, 15) is 8.78 Å². The van der Waals surface area contributed by atoms with Crippen LogP contribution in [0.3, 0.4) is 0 Å². The number of rotatable bonds is 3. The van der Waals surface area contributed by atoms with E-state index in [1.54, 1.807) is 36.5 Å². The van der Waals surface area contributed by atoms with Crippen LogP contribution in [0, 0.1) is 4.64 Å². The number of benzene rings is 1. The van der Waals surface area contributed by atoms with Crippen LogP contribution in [0.4, 0.5) is 8.78 Å². The van der Waals surface area contributed by atoms with E-state index in [1.807, 2.05) is 0 Å². The Morgan fingerprint density at radius 2 is 1.88 bits per heavy atom. The van der Waals surface area contributed by atoms with Gasteiger partial charge in [0, 0.05) is 10.5 Å². The summed E-state index contributed by atoms with van der Waals surface area (Å²) in [6, 6.07) is 8.64. The molecule has 17 heavy (non-hydrogen) atoms. The van der Waals surface area contributed by atoms with Crippen LogP contribution >= 0.6 is 24.0 Å². The number of nitrogens with zero attached hydrogens (tertiary/aromatic N) is 1. The van der Waals surface area contributed by atoms with Crippen LogP contribution in [-0.4, -0.2) is 16.0 Å². The third-order valence-corrected chi connectivity index (χ3v) is 3.01. The molecule has 0 unspecified atom stereocenters. The highest BCUT2D eigenvalue weighted by molar-refractivity contribution is 7.99. The predicted molar refractivity (Wildman–Crippen MR) is 66.7 cm³/mol. The Balaban J connectivity index is 2.26. The summed E-state index contributed by atoms with van der Waals surface area (Å²) in [5, 5.41) is 6.52. The van der Waals surface area contributed by atoms with E-state index < -0.39 is 5.76 Å². The monoisotopic (exact) mass is 270 g/mol. The standard InChI is InChI=1S/C11H8F2N2S2/c12-11(13)17-9-3-1-7(2-4-9)8-5-10(16)15-14-6-8/h1-6,11H,(H,15,16). The van der Waals surface area contributed by atoms with Crippen molar-refractivity contribution in [2.24, 2.45) is 0 Å². The maximum absolute atomic E-state index is 12.1. The van der Waals surface area contributed by atoms with Crippen LogP contribution in [-0.2, 0) is 0 Å². The topological polar surface area (TPSA) is 28.7 Å². The molecular weight excluding hydrogens is 262 g/mol. The Hall–Kier alpha value is -1.27. The fraction of sp³-hybridized carbons (Fsp3) is 0.0909. The molecule has 0 aliphatic heterocycles. The van der Waals surface area contributed by atoms with Crippen LogP contribution < -0.4 is 0 Å². The molecule has 6 heteroatoms. The Bertz CT molecular complexity index is 552. The number of H-pyrrole nitrogens is 1. The van der Waals surface area contributed by atoms with Gasteiger partial charge in [-0.3, -0.25) is 5.10 Å². The van der Waals surface area contributed by atoms with Crippen molar-refractivity contribution in [3.63, 3.8) is 0 Å². The van der Waals surface area contributed by atoms with Gasteiger partial charge in [0.05, 0.1) is 6.20 Å². The van der Waals surface area contributed by atoms with E-state index in [0.29, 0.717) is 21.3 Å². The molecule has 2 aromatic rings. The molecule has 2 nitrogen and oxygen atoms in total. The zero-order valence-corrected chi connectivity index (χ0v) is 10.2. The van der Waals surface area contributed by atoms with Gasteiger partial charge in [-0.15, -0.1) is 0 Å². The van der Waals surface area contributed by atoms with Gasteiger partial charge in [0.1, 0.15) is 4.64 Å². The summed E-state index contributed by atoms with van der Waals surface area (Å²) in [7, 11) is 0. The Kier molecular flexibility index (Phi) is 3.86. The predicted octanol–water partition coefficient (Wildman–Crippen LogP) is 4.12. The molecule has 1 heterocycles. The highest BCUT2D eigenvalue weighted by Crippen LogP contribution is 2.27. The molecule has 0 saturated carbocycles. The molecule has 0 aliphatic carbocycles. The molecular formula is C11H8F2N2S2. The average Bonchev–Trinajstić information content (AvgIpc) is 2.29. The van der Waals surface area contributed by atoms with Gasteiger partial charge in [-0.05, 0) is 23.8 Å². The van der Waals surface area contributed by atoms with Gasteiger partial charge in [0.15, 0.2) is 0 Å². The smallest absolute Gasteiger partial charge is 0.268 e. The molecule has 1 aromatic heterocycles. The summed E-state index contributed by atoms with van der Waals surface area (Å²) in [6.45, 7) is 0. The van der Waals surface area contributed by atoms with Gasteiger partial charge >= 0.3 is 0 Å². The first-order chi connectivity index (χ1) is 8.15. The first-order valence-electron chi connectivity index (χ1n) is 4.75. The van der Waals surface area contributed by atoms with E-state index >= 15 is 0 Å². The number of alkyl halides is 2. The summed E-state index contributed by atoms with van der Waals surface area (Å²) in [5.41, 5.74) is 1.76. The number of thioether (sulfide) groups is 1. The number of aromatic amines is 1. The number of halogens is 2. The number of nitrogens with one attached hydrogen (secondary N) is 1. The Labute approximate surface area is 106 Å². The van der Waals surface area contributed by atoms with Gasteiger partial charge in [-0.2, -0.15) is 13.9 Å². The van der Waals surface area contributed by atoms with E-state index in [2.05, 4.69) is 10.2 Å². The number of hydrogen-bond donors (Lipinski definition) is 1. The largest absolute Gasteiger partial charge is 0.288 e. The lowest BCUT2D eigenvalue weighted by atomic mass is 10.1.